The second kappa shape index (κ2) is 4.91. The van der Waals surface area contributed by atoms with Gasteiger partial charge in [-0.3, -0.25) is 0 Å². The molecule has 1 aromatic carbocycles. The first-order chi connectivity index (χ1) is 7.70. The Hall–Kier alpha value is -0.970. The molecule has 3 nitrogen and oxygen atoms in total. The lowest BCUT2D eigenvalue weighted by Crippen LogP contribution is -2.04. The number of halogens is 2. The highest BCUT2D eigenvalue weighted by Crippen LogP contribution is 2.30. The Morgan fingerprint density at radius 3 is 2.75 bits per heavy atom. The Morgan fingerprint density at radius 2 is 2.06 bits per heavy atom. The standard InChI is InChI=1S/C11H8BrClN2O/c12-8-5-14-6-15-10(8)11(16)7-3-1-2-4-9(7)13/h1-6,11,16H/t11-/m1/s1. The molecule has 0 amide bonds. The monoisotopic (exact) mass is 298 g/mol. The van der Waals surface area contributed by atoms with Gasteiger partial charge in [0.15, 0.2) is 0 Å². The summed E-state index contributed by atoms with van der Waals surface area (Å²) in [6, 6.07) is 7.13. The Morgan fingerprint density at radius 1 is 1.31 bits per heavy atom. The summed E-state index contributed by atoms with van der Waals surface area (Å²) in [6.07, 6.45) is 2.12. The average Bonchev–Trinajstić information content (AvgIpc) is 2.29. The molecule has 0 unspecified atom stereocenters. The highest BCUT2D eigenvalue weighted by molar-refractivity contribution is 9.10. The number of hydrogen-bond acceptors (Lipinski definition) is 3. The summed E-state index contributed by atoms with van der Waals surface area (Å²) in [5.74, 6) is 0. The fourth-order valence-corrected chi connectivity index (χ4v) is 2.04. The van der Waals surface area contributed by atoms with Crippen molar-refractivity contribution in [1.82, 2.24) is 9.97 Å². The van der Waals surface area contributed by atoms with E-state index in [1.165, 1.54) is 6.33 Å². The molecule has 16 heavy (non-hydrogen) atoms. The fourth-order valence-electron chi connectivity index (χ4n) is 1.37. The number of nitrogens with zero attached hydrogens (tertiary/aromatic N) is 2. The molecule has 0 radical (unpaired) electrons. The molecule has 2 rings (SSSR count). The first-order valence-electron chi connectivity index (χ1n) is 4.58. The number of hydrogen-bond donors (Lipinski definition) is 1. The van der Waals surface area contributed by atoms with E-state index in [1.807, 2.05) is 12.1 Å². The molecule has 1 N–H and O–H groups in total. The minimum atomic E-state index is -0.855. The maximum atomic E-state index is 10.1. The van der Waals surface area contributed by atoms with Crippen molar-refractivity contribution in [2.24, 2.45) is 0 Å². The van der Waals surface area contributed by atoms with E-state index in [0.29, 0.717) is 20.8 Å². The molecule has 0 aliphatic heterocycles. The average molecular weight is 300 g/mol. The second-order valence-electron chi connectivity index (χ2n) is 3.18. The van der Waals surface area contributed by atoms with Gasteiger partial charge in [0.1, 0.15) is 12.4 Å². The van der Waals surface area contributed by atoms with Crippen molar-refractivity contribution in [1.29, 1.82) is 0 Å². The molecule has 2 aromatic rings. The van der Waals surface area contributed by atoms with E-state index in [0.717, 1.165) is 0 Å². The lowest BCUT2D eigenvalue weighted by molar-refractivity contribution is 0.214. The van der Waals surface area contributed by atoms with Crippen molar-refractivity contribution < 1.29 is 5.11 Å². The van der Waals surface area contributed by atoms with Crippen molar-refractivity contribution in [2.75, 3.05) is 0 Å². The van der Waals surface area contributed by atoms with Crippen LogP contribution in [0.2, 0.25) is 5.02 Å². The molecule has 0 fully saturated rings. The molecule has 1 atom stereocenters. The SMILES string of the molecule is O[C@H](c1ccccc1Cl)c1ncncc1Br. The maximum absolute atomic E-state index is 10.1. The molecular weight excluding hydrogens is 291 g/mol. The van der Waals surface area contributed by atoms with E-state index >= 15 is 0 Å². The molecule has 0 aliphatic carbocycles. The first-order valence-corrected chi connectivity index (χ1v) is 5.75. The van der Waals surface area contributed by atoms with Crippen molar-refractivity contribution in [3.63, 3.8) is 0 Å². The molecule has 0 bridgehead atoms. The van der Waals surface area contributed by atoms with Crippen molar-refractivity contribution in [3.05, 3.63) is 57.5 Å². The first kappa shape index (κ1) is 11.5. The molecular formula is C11H8BrClN2O. The van der Waals surface area contributed by atoms with Crippen molar-refractivity contribution in [3.8, 4) is 0 Å². The Bertz CT molecular complexity index is 461. The number of aliphatic hydroxyl groups excluding tert-OH is 1. The van der Waals surface area contributed by atoms with Crippen LogP contribution in [-0.4, -0.2) is 15.1 Å². The van der Waals surface area contributed by atoms with Crippen LogP contribution in [0.1, 0.15) is 17.4 Å². The molecule has 5 heteroatoms. The van der Waals surface area contributed by atoms with Crippen LogP contribution >= 0.6 is 27.5 Å². The normalized spacial score (nSPS) is 12.4. The lowest BCUT2D eigenvalue weighted by Gasteiger charge is -2.12. The Balaban J connectivity index is 2.44. The minimum Gasteiger partial charge on any atom is -0.382 e. The predicted molar refractivity (Wildman–Crippen MR) is 65.2 cm³/mol. The van der Waals surface area contributed by atoms with E-state index in [9.17, 15) is 5.11 Å². The molecule has 82 valence electrons. The summed E-state index contributed by atoms with van der Waals surface area (Å²) in [5.41, 5.74) is 1.13. The summed E-state index contributed by atoms with van der Waals surface area (Å²) in [6.45, 7) is 0. The van der Waals surface area contributed by atoms with Crippen molar-refractivity contribution >= 4 is 27.5 Å². The van der Waals surface area contributed by atoms with Crippen LogP contribution in [0.25, 0.3) is 0 Å². The highest BCUT2D eigenvalue weighted by Gasteiger charge is 2.17. The van der Waals surface area contributed by atoms with E-state index in [2.05, 4.69) is 25.9 Å². The van der Waals surface area contributed by atoms with Gasteiger partial charge in [-0.15, -0.1) is 0 Å². The van der Waals surface area contributed by atoms with Gasteiger partial charge in [-0.1, -0.05) is 29.8 Å². The zero-order valence-electron chi connectivity index (χ0n) is 8.14. The van der Waals surface area contributed by atoms with Gasteiger partial charge < -0.3 is 5.11 Å². The van der Waals surface area contributed by atoms with Gasteiger partial charge in [0, 0.05) is 16.8 Å². The van der Waals surface area contributed by atoms with Gasteiger partial charge in [-0.25, -0.2) is 9.97 Å². The van der Waals surface area contributed by atoms with E-state index in [-0.39, 0.29) is 0 Å². The van der Waals surface area contributed by atoms with Crippen LogP contribution in [-0.2, 0) is 0 Å². The van der Waals surface area contributed by atoms with Crippen molar-refractivity contribution in [2.45, 2.75) is 6.10 Å². The van der Waals surface area contributed by atoms with E-state index in [1.54, 1.807) is 18.3 Å². The van der Waals surface area contributed by atoms with Gasteiger partial charge in [0.2, 0.25) is 0 Å². The minimum absolute atomic E-state index is 0.503. The zero-order chi connectivity index (χ0) is 11.5. The van der Waals surface area contributed by atoms with Crippen LogP contribution in [0.5, 0.6) is 0 Å². The van der Waals surface area contributed by atoms with Gasteiger partial charge in [0.05, 0.1) is 10.2 Å². The third kappa shape index (κ3) is 2.24. The second-order valence-corrected chi connectivity index (χ2v) is 4.44. The van der Waals surface area contributed by atoms with Gasteiger partial charge in [-0.2, -0.15) is 0 Å². The smallest absolute Gasteiger partial charge is 0.124 e. The summed E-state index contributed by atoms with van der Waals surface area (Å²) >= 11 is 9.29. The molecule has 1 heterocycles. The number of aromatic nitrogens is 2. The quantitative estimate of drug-likeness (QED) is 0.927. The highest BCUT2D eigenvalue weighted by atomic mass is 79.9. The molecule has 0 saturated carbocycles. The van der Waals surface area contributed by atoms with Crippen LogP contribution < -0.4 is 0 Å². The maximum Gasteiger partial charge on any atom is 0.124 e. The molecule has 0 saturated heterocycles. The predicted octanol–water partition coefficient (Wildman–Crippen LogP) is 2.97. The van der Waals surface area contributed by atoms with E-state index in [4.69, 9.17) is 11.6 Å². The summed E-state index contributed by atoms with van der Waals surface area (Å²) in [5, 5.41) is 10.7. The molecule has 0 spiro atoms. The lowest BCUT2D eigenvalue weighted by atomic mass is 10.1. The van der Waals surface area contributed by atoms with Gasteiger partial charge in [0.25, 0.3) is 0 Å². The molecule has 0 aliphatic rings. The summed E-state index contributed by atoms with van der Waals surface area (Å²) in [7, 11) is 0. The third-order valence-electron chi connectivity index (χ3n) is 2.15. The van der Waals surface area contributed by atoms with Gasteiger partial charge in [-0.05, 0) is 22.0 Å². The number of benzene rings is 1. The van der Waals surface area contributed by atoms with Crippen LogP contribution in [0.4, 0.5) is 0 Å². The largest absolute Gasteiger partial charge is 0.382 e. The number of aliphatic hydroxyl groups is 1. The third-order valence-corrected chi connectivity index (χ3v) is 3.11. The van der Waals surface area contributed by atoms with Crippen LogP contribution in [0, 0.1) is 0 Å². The number of rotatable bonds is 2. The van der Waals surface area contributed by atoms with Gasteiger partial charge >= 0.3 is 0 Å². The van der Waals surface area contributed by atoms with Crippen LogP contribution in [0.15, 0.2) is 41.3 Å². The topological polar surface area (TPSA) is 46.0 Å². The Labute approximate surface area is 106 Å². The zero-order valence-corrected chi connectivity index (χ0v) is 10.5. The fraction of sp³-hybridized carbons (Fsp3) is 0.0909. The summed E-state index contributed by atoms with van der Waals surface area (Å²) < 4.78 is 0.655. The summed E-state index contributed by atoms with van der Waals surface area (Å²) in [4.78, 5) is 7.87. The Kier molecular flexibility index (Phi) is 3.53. The van der Waals surface area contributed by atoms with Crippen LogP contribution in [0.3, 0.4) is 0 Å². The van der Waals surface area contributed by atoms with E-state index < -0.39 is 6.10 Å². The molecule has 1 aromatic heterocycles.